The number of hydrogen-bond donors (Lipinski definition) is 2. The fourth-order valence-corrected chi connectivity index (χ4v) is 2.47. The van der Waals surface area contributed by atoms with Crippen molar-refractivity contribution in [3.63, 3.8) is 0 Å². The van der Waals surface area contributed by atoms with Crippen molar-refractivity contribution in [1.29, 1.82) is 0 Å². The van der Waals surface area contributed by atoms with E-state index >= 15 is 0 Å². The van der Waals surface area contributed by atoms with Crippen LogP contribution in [0.4, 0.5) is 0 Å². The van der Waals surface area contributed by atoms with Crippen LogP contribution >= 0.6 is 0 Å². The predicted molar refractivity (Wildman–Crippen MR) is 67.8 cm³/mol. The Hall–Kier alpha value is -1.13. The Bertz CT molecular complexity index is 339. The maximum atomic E-state index is 5.76. The third kappa shape index (κ3) is 3.17. The SMILES string of the molecule is COc1ccc(CNC2CCCC2CN)cn1. The Balaban J connectivity index is 1.84. The van der Waals surface area contributed by atoms with E-state index < -0.39 is 0 Å². The van der Waals surface area contributed by atoms with Crippen molar-refractivity contribution in [2.45, 2.75) is 31.8 Å². The molecule has 1 fully saturated rings. The summed E-state index contributed by atoms with van der Waals surface area (Å²) < 4.78 is 5.03. The molecule has 4 nitrogen and oxygen atoms in total. The molecule has 0 radical (unpaired) electrons. The molecular formula is C13H21N3O. The molecular weight excluding hydrogens is 214 g/mol. The van der Waals surface area contributed by atoms with Gasteiger partial charge in [0.05, 0.1) is 7.11 Å². The fourth-order valence-electron chi connectivity index (χ4n) is 2.47. The van der Waals surface area contributed by atoms with Crippen LogP contribution in [0, 0.1) is 5.92 Å². The summed E-state index contributed by atoms with van der Waals surface area (Å²) in [6, 6.07) is 4.51. The molecule has 0 saturated heterocycles. The number of aromatic nitrogens is 1. The molecule has 94 valence electrons. The van der Waals surface area contributed by atoms with Crippen molar-refractivity contribution in [1.82, 2.24) is 10.3 Å². The topological polar surface area (TPSA) is 60.2 Å². The quantitative estimate of drug-likeness (QED) is 0.808. The highest BCUT2D eigenvalue weighted by Crippen LogP contribution is 2.24. The first-order valence-electron chi connectivity index (χ1n) is 6.26. The third-order valence-electron chi connectivity index (χ3n) is 3.54. The summed E-state index contributed by atoms with van der Waals surface area (Å²) in [6.07, 6.45) is 5.65. The van der Waals surface area contributed by atoms with Gasteiger partial charge in [0, 0.05) is 24.8 Å². The molecule has 2 unspecified atom stereocenters. The number of methoxy groups -OCH3 is 1. The largest absolute Gasteiger partial charge is 0.481 e. The van der Waals surface area contributed by atoms with Gasteiger partial charge in [0.15, 0.2) is 0 Å². The maximum absolute atomic E-state index is 5.76. The van der Waals surface area contributed by atoms with Crippen molar-refractivity contribution < 1.29 is 4.74 Å². The average Bonchev–Trinajstić information content (AvgIpc) is 2.84. The van der Waals surface area contributed by atoms with Crippen molar-refractivity contribution in [3.05, 3.63) is 23.9 Å². The summed E-state index contributed by atoms with van der Waals surface area (Å²) in [4.78, 5) is 4.19. The van der Waals surface area contributed by atoms with E-state index in [0.717, 1.165) is 13.1 Å². The first-order chi connectivity index (χ1) is 8.33. The lowest BCUT2D eigenvalue weighted by molar-refractivity contribution is 0.395. The first-order valence-corrected chi connectivity index (χ1v) is 6.26. The van der Waals surface area contributed by atoms with Gasteiger partial charge in [0.1, 0.15) is 0 Å². The zero-order chi connectivity index (χ0) is 12.1. The number of nitrogens with one attached hydrogen (secondary N) is 1. The Morgan fingerprint density at radius 2 is 2.35 bits per heavy atom. The van der Waals surface area contributed by atoms with Crippen LogP contribution < -0.4 is 15.8 Å². The first kappa shape index (κ1) is 12.3. The van der Waals surface area contributed by atoms with Gasteiger partial charge in [-0.25, -0.2) is 4.98 Å². The van der Waals surface area contributed by atoms with Gasteiger partial charge in [0.2, 0.25) is 5.88 Å². The summed E-state index contributed by atoms with van der Waals surface area (Å²) >= 11 is 0. The van der Waals surface area contributed by atoms with Crippen molar-refractivity contribution >= 4 is 0 Å². The third-order valence-corrected chi connectivity index (χ3v) is 3.54. The molecule has 3 N–H and O–H groups in total. The highest BCUT2D eigenvalue weighted by atomic mass is 16.5. The van der Waals surface area contributed by atoms with Crippen LogP contribution in [-0.4, -0.2) is 24.7 Å². The second-order valence-electron chi connectivity index (χ2n) is 4.62. The Kier molecular flexibility index (Phi) is 4.34. The van der Waals surface area contributed by atoms with Crippen molar-refractivity contribution in [2.24, 2.45) is 11.7 Å². The molecule has 1 aromatic heterocycles. The molecule has 1 heterocycles. The minimum absolute atomic E-state index is 0.571. The lowest BCUT2D eigenvalue weighted by Crippen LogP contribution is -2.35. The molecule has 2 atom stereocenters. The predicted octanol–water partition coefficient (Wildman–Crippen LogP) is 1.31. The Morgan fingerprint density at radius 1 is 1.47 bits per heavy atom. The molecule has 1 aliphatic rings. The van der Waals surface area contributed by atoms with Crippen LogP contribution in [0.1, 0.15) is 24.8 Å². The van der Waals surface area contributed by atoms with Crippen LogP contribution in [0.5, 0.6) is 5.88 Å². The molecule has 17 heavy (non-hydrogen) atoms. The van der Waals surface area contributed by atoms with E-state index in [1.54, 1.807) is 7.11 Å². The Morgan fingerprint density at radius 3 is 3.00 bits per heavy atom. The van der Waals surface area contributed by atoms with E-state index in [2.05, 4.69) is 10.3 Å². The number of pyridine rings is 1. The van der Waals surface area contributed by atoms with Gasteiger partial charge >= 0.3 is 0 Å². The smallest absolute Gasteiger partial charge is 0.212 e. The van der Waals surface area contributed by atoms with E-state index in [1.165, 1.54) is 24.8 Å². The van der Waals surface area contributed by atoms with Crippen LogP contribution in [0.25, 0.3) is 0 Å². The standard InChI is InChI=1S/C13H21N3O/c1-17-13-6-5-10(9-16-13)8-15-12-4-2-3-11(12)7-14/h5-6,9,11-12,15H,2-4,7-8,14H2,1H3. The number of ether oxygens (including phenoxy) is 1. The summed E-state index contributed by atoms with van der Waals surface area (Å²) in [6.45, 7) is 1.65. The number of hydrogen-bond acceptors (Lipinski definition) is 4. The lowest BCUT2D eigenvalue weighted by atomic mass is 10.0. The number of nitrogens with zero attached hydrogens (tertiary/aromatic N) is 1. The minimum Gasteiger partial charge on any atom is -0.481 e. The Labute approximate surface area is 103 Å². The molecule has 0 aromatic carbocycles. The molecule has 1 aromatic rings. The second-order valence-corrected chi connectivity index (χ2v) is 4.62. The normalized spacial score (nSPS) is 23.9. The lowest BCUT2D eigenvalue weighted by Gasteiger charge is -2.19. The van der Waals surface area contributed by atoms with Crippen molar-refractivity contribution in [3.8, 4) is 5.88 Å². The minimum atomic E-state index is 0.571. The average molecular weight is 235 g/mol. The zero-order valence-electron chi connectivity index (χ0n) is 10.4. The second kappa shape index (κ2) is 5.98. The van der Waals surface area contributed by atoms with Crippen LogP contribution in [0.2, 0.25) is 0 Å². The monoisotopic (exact) mass is 235 g/mol. The van der Waals surface area contributed by atoms with Gasteiger partial charge in [-0.1, -0.05) is 12.5 Å². The molecule has 2 rings (SSSR count). The highest BCUT2D eigenvalue weighted by Gasteiger charge is 2.25. The van der Waals surface area contributed by atoms with Crippen LogP contribution in [0.15, 0.2) is 18.3 Å². The van der Waals surface area contributed by atoms with E-state index in [1.807, 2.05) is 18.3 Å². The van der Waals surface area contributed by atoms with Gasteiger partial charge in [-0.3, -0.25) is 0 Å². The van der Waals surface area contributed by atoms with E-state index in [-0.39, 0.29) is 0 Å². The van der Waals surface area contributed by atoms with E-state index in [9.17, 15) is 0 Å². The molecule has 1 saturated carbocycles. The van der Waals surface area contributed by atoms with Crippen LogP contribution in [-0.2, 0) is 6.54 Å². The van der Waals surface area contributed by atoms with Gasteiger partial charge in [-0.05, 0) is 30.9 Å². The summed E-state index contributed by atoms with van der Waals surface area (Å²) in [5.74, 6) is 1.30. The van der Waals surface area contributed by atoms with Gasteiger partial charge in [-0.15, -0.1) is 0 Å². The molecule has 1 aliphatic carbocycles. The molecule has 0 bridgehead atoms. The van der Waals surface area contributed by atoms with Crippen molar-refractivity contribution in [2.75, 3.05) is 13.7 Å². The highest BCUT2D eigenvalue weighted by molar-refractivity contribution is 5.17. The van der Waals surface area contributed by atoms with Gasteiger partial charge in [0.25, 0.3) is 0 Å². The number of nitrogens with two attached hydrogens (primary N) is 1. The van der Waals surface area contributed by atoms with E-state index in [4.69, 9.17) is 10.5 Å². The maximum Gasteiger partial charge on any atom is 0.212 e. The molecule has 4 heteroatoms. The van der Waals surface area contributed by atoms with Gasteiger partial charge < -0.3 is 15.8 Å². The molecule has 0 aliphatic heterocycles. The summed E-state index contributed by atoms with van der Waals surface area (Å²) in [7, 11) is 1.63. The van der Waals surface area contributed by atoms with E-state index in [0.29, 0.717) is 17.8 Å². The van der Waals surface area contributed by atoms with Crippen LogP contribution in [0.3, 0.4) is 0 Å². The molecule has 0 amide bonds. The fraction of sp³-hybridized carbons (Fsp3) is 0.615. The molecule has 0 spiro atoms. The summed E-state index contributed by atoms with van der Waals surface area (Å²) in [5.41, 5.74) is 6.95. The zero-order valence-corrected chi connectivity index (χ0v) is 10.4. The van der Waals surface area contributed by atoms with Gasteiger partial charge in [-0.2, -0.15) is 0 Å². The number of rotatable bonds is 5. The summed E-state index contributed by atoms with van der Waals surface area (Å²) in [5, 5.41) is 3.58.